The first-order valence-electron chi connectivity index (χ1n) is 10.1. The Kier molecular flexibility index (Phi) is 7.52. The van der Waals surface area contributed by atoms with Gasteiger partial charge in [-0.1, -0.05) is 23.7 Å². The number of benzene rings is 2. The van der Waals surface area contributed by atoms with Crippen LogP contribution < -0.4 is 15.4 Å². The van der Waals surface area contributed by atoms with E-state index in [2.05, 4.69) is 10.6 Å². The lowest BCUT2D eigenvalue weighted by atomic mass is 10.1. The first-order valence-corrected chi connectivity index (χ1v) is 10.5. The number of ether oxygens (including phenoxy) is 1. The second-order valence-corrected chi connectivity index (χ2v) is 7.95. The van der Waals surface area contributed by atoms with Crippen molar-refractivity contribution in [3.63, 3.8) is 0 Å². The highest BCUT2D eigenvalue weighted by Gasteiger charge is 2.24. The average Bonchev–Trinajstić information content (AvgIpc) is 2.89. The monoisotopic (exact) mass is 443 g/mol. The second kappa shape index (κ2) is 10.3. The first kappa shape index (κ1) is 22.6. The van der Waals surface area contributed by atoms with E-state index in [0.717, 1.165) is 11.3 Å². The van der Waals surface area contributed by atoms with Crippen LogP contribution in [0.1, 0.15) is 42.1 Å². The number of amides is 3. The number of likely N-dealkylation sites (tertiary alicyclic amines) is 1. The number of nitrogens with zero attached hydrogens (tertiary/aromatic N) is 1. The van der Waals surface area contributed by atoms with Crippen LogP contribution in [-0.2, 0) is 16.1 Å². The van der Waals surface area contributed by atoms with Crippen LogP contribution in [0.5, 0.6) is 5.75 Å². The van der Waals surface area contributed by atoms with Gasteiger partial charge < -0.3 is 20.3 Å². The molecule has 0 radical (unpaired) electrons. The molecule has 1 atom stereocenters. The third kappa shape index (κ3) is 6.21. The van der Waals surface area contributed by atoms with Gasteiger partial charge in [0.25, 0.3) is 5.91 Å². The zero-order valence-corrected chi connectivity index (χ0v) is 18.4. The molecular weight excluding hydrogens is 418 g/mol. The molecule has 0 aromatic heterocycles. The standard InChI is InChI=1S/C23H26ClN3O4/c1-15(28)25-18-6-8-20(21(24)13-18)23(30)26-17-7-9-22(29)27(11-10-17)14-16-4-3-5-19(12-16)31-2/h3-6,8,12-13,17H,7,9-11,14H2,1-2H3,(H,25,28)(H,26,30). The fourth-order valence-electron chi connectivity index (χ4n) is 3.58. The summed E-state index contributed by atoms with van der Waals surface area (Å²) < 4.78 is 5.25. The molecule has 2 aromatic rings. The van der Waals surface area contributed by atoms with E-state index < -0.39 is 0 Å². The van der Waals surface area contributed by atoms with Crippen molar-refractivity contribution >= 4 is 35.0 Å². The molecule has 2 N–H and O–H groups in total. The maximum Gasteiger partial charge on any atom is 0.253 e. The molecule has 1 unspecified atom stereocenters. The van der Waals surface area contributed by atoms with E-state index in [9.17, 15) is 14.4 Å². The minimum atomic E-state index is -0.293. The Morgan fingerprint density at radius 3 is 2.71 bits per heavy atom. The molecule has 8 heteroatoms. The van der Waals surface area contributed by atoms with E-state index in [-0.39, 0.29) is 28.8 Å². The summed E-state index contributed by atoms with van der Waals surface area (Å²) in [5, 5.41) is 5.88. The molecule has 31 heavy (non-hydrogen) atoms. The predicted molar refractivity (Wildman–Crippen MR) is 119 cm³/mol. The van der Waals surface area contributed by atoms with E-state index in [1.807, 2.05) is 29.2 Å². The predicted octanol–water partition coefficient (Wildman–Crippen LogP) is 3.62. The Labute approximate surface area is 186 Å². The summed E-state index contributed by atoms with van der Waals surface area (Å²) in [4.78, 5) is 38.3. The molecule has 0 bridgehead atoms. The van der Waals surface area contributed by atoms with Crippen molar-refractivity contribution in [2.45, 2.75) is 38.8 Å². The Morgan fingerprint density at radius 2 is 2.00 bits per heavy atom. The van der Waals surface area contributed by atoms with E-state index in [0.29, 0.717) is 43.6 Å². The molecule has 0 saturated carbocycles. The number of nitrogens with one attached hydrogen (secondary N) is 2. The highest BCUT2D eigenvalue weighted by Crippen LogP contribution is 2.23. The lowest BCUT2D eigenvalue weighted by Gasteiger charge is -2.21. The molecule has 3 amide bonds. The first-order chi connectivity index (χ1) is 14.9. The number of carbonyl (C=O) groups excluding carboxylic acids is 3. The average molecular weight is 444 g/mol. The third-order valence-electron chi connectivity index (χ3n) is 5.18. The number of anilines is 1. The van der Waals surface area contributed by atoms with Crippen LogP contribution in [0.4, 0.5) is 5.69 Å². The molecule has 7 nitrogen and oxygen atoms in total. The van der Waals surface area contributed by atoms with Crippen LogP contribution in [0.25, 0.3) is 0 Å². The zero-order chi connectivity index (χ0) is 22.4. The van der Waals surface area contributed by atoms with Crippen LogP contribution in [0, 0.1) is 0 Å². The minimum Gasteiger partial charge on any atom is -0.497 e. The van der Waals surface area contributed by atoms with Gasteiger partial charge in [-0.15, -0.1) is 0 Å². The largest absolute Gasteiger partial charge is 0.497 e. The van der Waals surface area contributed by atoms with Crippen molar-refractivity contribution < 1.29 is 19.1 Å². The third-order valence-corrected chi connectivity index (χ3v) is 5.50. The summed E-state index contributed by atoms with van der Waals surface area (Å²) in [6.45, 7) is 2.46. The van der Waals surface area contributed by atoms with E-state index >= 15 is 0 Å². The van der Waals surface area contributed by atoms with Gasteiger partial charge in [-0.05, 0) is 48.7 Å². The molecule has 3 rings (SSSR count). The van der Waals surface area contributed by atoms with Gasteiger partial charge in [-0.2, -0.15) is 0 Å². The van der Waals surface area contributed by atoms with Crippen LogP contribution >= 0.6 is 11.6 Å². The van der Waals surface area contributed by atoms with Crippen molar-refractivity contribution in [3.05, 3.63) is 58.6 Å². The summed E-state index contributed by atoms with van der Waals surface area (Å²) in [5.41, 5.74) is 1.86. The maximum absolute atomic E-state index is 12.7. The Bertz CT molecular complexity index is 979. The van der Waals surface area contributed by atoms with Crippen LogP contribution in [0.3, 0.4) is 0 Å². The number of methoxy groups -OCH3 is 1. The topological polar surface area (TPSA) is 87.7 Å². The van der Waals surface area contributed by atoms with Gasteiger partial charge in [-0.25, -0.2) is 0 Å². The molecular formula is C23H26ClN3O4. The number of carbonyl (C=O) groups is 3. The normalized spacial score (nSPS) is 16.4. The van der Waals surface area contributed by atoms with Gasteiger partial charge in [-0.3, -0.25) is 14.4 Å². The van der Waals surface area contributed by atoms with E-state index in [1.54, 1.807) is 25.3 Å². The van der Waals surface area contributed by atoms with Crippen LogP contribution in [0.15, 0.2) is 42.5 Å². The number of rotatable bonds is 6. The molecule has 1 aliphatic rings. The number of halogens is 1. The van der Waals surface area contributed by atoms with Crippen molar-refractivity contribution in [1.82, 2.24) is 10.2 Å². The SMILES string of the molecule is COc1cccc(CN2CCC(NC(=O)c3ccc(NC(C)=O)cc3Cl)CCC2=O)c1. The van der Waals surface area contributed by atoms with Gasteiger partial charge >= 0.3 is 0 Å². The summed E-state index contributed by atoms with van der Waals surface area (Å²) >= 11 is 6.23. The summed E-state index contributed by atoms with van der Waals surface area (Å²) in [6.07, 6.45) is 1.59. The van der Waals surface area contributed by atoms with Gasteiger partial charge in [0.15, 0.2) is 0 Å². The molecule has 164 valence electrons. The fourth-order valence-corrected chi connectivity index (χ4v) is 3.85. The molecule has 0 spiro atoms. The smallest absolute Gasteiger partial charge is 0.253 e. The Morgan fingerprint density at radius 1 is 1.19 bits per heavy atom. The lowest BCUT2D eigenvalue weighted by molar-refractivity contribution is -0.131. The minimum absolute atomic E-state index is 0.0669. The van der Waals surface area contributed by atoms with Crippen LogP contribution in [0.2, 0.25) is 5.02 Å². The fraction of sp³-hybridized carbons (Fsp3) is 0.348. The number of hydrogen-bond donors (Lipinski definition) is 2. The summed E-state index contributed by atoms with van der Waals surface area (Å²) in [7, 11) is 1.61. The quantitative estimate of drug-likeness (QED) is 0.713. The van der Waals surface area contributed by atoms with Crippen molar-refractivity contribution in [2.24, 2.45) is 0 Å². The molecule has 2 aromatic carbocycles. The molecule has 1 saturated heterocycles. The summed E-state index contributed by atoms with van der Waals surface area (Å²) in [5.74, 6) is 0.316. The molecule has 0 aliphatic carbocycles. The Balaban J connectivity index is 1.60. The maximum atomic E-state index is 12.7. The van der Waals surface area contributed by atoms with Crippen molar-refractivity contribution in [3.8, 4) is 5.75 Å². The summed E-state index contributed by atoms with van der Waals surface area (Å²) in [6, 6.07) is 12.3. The molecule has 1 fully saturated rings. The van der Waals surface area contributed by atoms with Crippen molar-refractivity contribution in [1.29, 1.82) is 0 Å². The van der Waals surface area contributed by atoms with Gasteiger partial charge in [0, 0.05) is 38.2 Å². The van der Waals surface area contributed by atoms with Crippen molar-refractivity contribution in [2.75, 3.05) is 19.0 Å². The Hall–Kier alpha value is -3.06. The van der Waals surface area contributed by atoms with E-state index in [1.165, 1.54) is 6.92 Å². The van der Waals surface area contributed by atoms with E-state index in [4.69, 9.17) is 16.3 Å². The van der Waals surface area contributed by atoms with Gasteiger partial charge in [0.1, 0.15) is 5.75 Å². The highest BCUT2D eigenvalue weighted by molar-refractivity contribution is 6.34. The highest BCUT2D eigenvalue weighted by atomic mass is 35.5. The van der Waals surface area contributed by atoms with Crippen LogP contribution in [-0.4, -0.2) is 42.3 Å². The molecule has 1 aliphatic heterocycles. The number of hydrogen-bond acceptors (Lipinski definition) is 4. The van der Waals surface area contributed by atoms with Gasteiger partial charge in [0.05, 0.1) is 17.7 Å². The zero-order valence-electron chi connectivity index (χ0n) is 17.6. The lowest BCUT2D eigenvalue weighted by Crippen LogP contribution is -2.36. The van der Waals surface area contributed by atoms with Gasteiger partial charge in [0.2, 0.25) is 11.8 Å². The second-order valence-electron chi connectivity index (χ2n) is 7.54. The molecule has 1 heterocycles.